The minimum absolute atomic E-state index is 0.464. The molecule has 2 atom stereocenters. The van der Waals surface area contributed by atoms with Crippen LogP contribution in [0.15, 0.2) is 0 Å². The zero-order chi connectivity index (χ0) is 13.3. The van der Waals surface area contributed by atoms with Crippen LogP contribution in [-0.2, 0) is 6.54 Å². The molecule has 2 unspecified atom stereocenters. The van der Waals surface area contributed by atoms with Crippen molar-refractivity contribution in [3.05, 3.63) is 10.6 Å². The maximum absolute atomic E-state index is 5.85. The lowest BCUT2D eigenvalue weighted by Gasteiger charge is -2.37. The minimum atomic E-state index is 0.464. The number of piperidine rings is 1. The second-order valence-corrected chi connectivity index (χ2v) is 6.78. The number of hydrogen-bond donors (Lipinski definition) is 1. The summed E-state index contributed by atoms with van der Waals surface area (Å²) in [4.78, 5) is 8.58. The molecule has 102 valence electrons. The maximum Gasteiger partial charge on any atom is 0.186 e. The smallest absolute Gasteiger partial charge is 0.186 e. The highest BCUT2D eigenvalue weighted by atomic mass is 32.1. The molecule has 2 rings (SSSR count). The van der Waals surface area contributed by atoms with E-state index in [9.17, 15) is 0 Å². The van der Waals surface area contributed by atoms with Crippen molar-refractivity contribution >= 4 is 16.5 Å². The molecule has 1 fully saturated rings. The Hall–Kier alpha value is -0.610. The van der Waals surface area contributed by atoms with Gasteiger partial charge in [0, 0.05) is 24.0 Å². The van der Waals surface area contributed by atoms with Crippen LogP contribution >= 0.6 is 11.3 Å². The maximum atomic E-state index is 5.85. The predicted octanol–water partition coefficient (Wildman–Crippen LogP) is 3.35. The molecule has 4 heteroatoms. The molecule has 2 heterocycles. The van der Waals surface area contributed by atoms with E-state index in [1.54, 1.807) is 11.3 Å². The van der Waals surface area contributed by atoms with Crippen LogP contribution in [-0.4, -0.2) is 17.6 Å². The van der Waals surface area contributed by atoms with Crippen molar-refractivity contribution < 1.29 is 0 Å². The van der Waals surface area contributed by atoms with Gasteiger partial charge in [-0.1, -0.05) is 20.8 Å². The van der Waals surface area contributed by atoms with E-state index in [0.717, 1.165) is 12.5 Å². The van der Waals surface area contributed by atoms with Gasteiger partial charge < -0.3 is 10.6 Å². The molecule has 0 spiro atoms. The number of hydrogen-bond acceptors (Lipinski definition) is 4. The Kier molecular flexibility index (Phi) is 4.28. The summed E-state index contributed by atoms with van der Waals surface area (Å²) in [7, 11) is 0. The molecule has 0 bridgehead atoms. The van der Waals surface area contributed by atoms with Crippen LogP contribution in [0.3, 0.4) is 0 Å². The van der Waals surface area contributed by atoms with Crippen molar-refractivity contribution in [2.24, 2.45) is 11.7 Å². The summed E-state index contributed by atoms with van der Waals surface area (Å²) in [5, 5.41) is 1.18. The number of rotatable bonds is 3. The lowest BCUT2D eigenvalue weighted by Crippen LogP contribution is -2.42. The topological polar surface area (TPSA) is 42.2 Å². The van der Waals surface area contributed by atoms with Gasteiger partial charge >= 0.3 is 0 Å². The summed E-state index contributed by atoms with van der Waals surface area (Å²) < 4.78 is 0. The molecule has 0 aromatic carbocycles. The van der Waals surface area contributed by atoms with Crippen molar-refractivity contribution in [3.63, 3.8) is 0 Å². The largest absolute Gasteiger partial charge is 0.345 e. The first-order chi connectivity index (χ1) is 8.54. The third-order valence-electron chi connectivity index (χ3n) is 4.07. The quantitative estimate of drug-likeness (QED) is 0.913. The lowest BCUT2D eigenvalue weighted by atomic mass is 9.92. The highest BCUT2D eigenvalue weighted by molar-refractivity contribution is 7.15. The van der Waals surface area contributed by atoms with Crippen LogP contribution < -0.4 is 10.6 Å². The number of aromatic nitrogens is 1. The Balaban J connectivity index is 2.27. The first-order valence-corrected chi connectivity index (χ1v) is 7.82. The van der Waals surface area contributed by atoms with Crippen molar-refractivity contribution in [2.45, 2.75) is 59.0 Å². The Labute approximate surface area is 114 Å². The van der Waals surface area contributed by atoms with Crippen molar-refractivity contribution in [2.75, 3.05) is 11.4 Å². The first-order valence-electron chi connectivity index (χ1n) is 7.00. The number of anilines is 1. The number of nitrogens with zero attached hydrogens (tertiary/aromatic N) is 2. The van der Waals surface area contributed by atoms with Gasteiger partial charge in [-0.25, -0.2) is 4.98 Å². The Morgan fingerprint density at radius 2 is 2.17 bits per heavy atom. The summed E-state index contributed by atoms with van der Waals surface area (Å²) in [5.74, 6) is 1.22. The van der Waals surface area contributed by atoms with Gasteiger partial charge in [-0.05, 0) is 31.6 Å². The summed E-state index contributed by atoms with van der Waals surface area (Å²) in [6.07, 6.45) is 2.61. The van der Waals surface area contributed by atoms with E-state index < -0.39 is 0 Å². The van der Waals surface area contributed by atoms with Gasteiger partial charge in [0.15, 0.2) is 5.13 Å². The molecular weight excluding hydrogens is 242 g/mol. The fraction of sp³-hybridized carbons (Fsp3) is 0.786. The van der Waals surface area contributed by atoms with Crippen molar-refractivity contribution in [1.82, 2.24) is 4.98 Å². The SMILES string of the molecule is CC(C)c1nc(N2CCCC(C)C2C)sc1CN. The van der Waals surface area contributed by atoms with Gasteiger partial charge in [0.2, 0.25) is 0 Å². The van der Waals surface area contributed by atoms with Gasteiger partial charge in [-0.2, -0.15) is 0 Å². The van der Waals surface area contributed by atoms with Crippen molar-refractivity contribution in [1.29, 1.82) is 0 Å². The molecule has 1 aromatic rings. The van der Waals surface area contributed by atoms with E-state index in [0.29, 0.717) is 18.5 Å². The first kappa shape index (κ1) is 13.8. The van der Waals surface area contributed by atoms with E-state index >= 15 is 0 Å². The molecule has 1 aliphatic heterocycles. The van der Waals surface area contributed by atoms with Gasteiger partial charge in [0.05, 0.1) is 5.69 Å². The molecule has 18 heavy (non-hydrogen) atoms. The minimum Gasteiger partial charge on any atom is -0.345 e. The lowest BCUT2D eigenvalue weighted by molar-refractivity contribution is 0.363. The zero-order valence-electron chi connectivity index (χ0n) is 11.9. The monoisotopic (exact) mass is 267 g/mol. The van der Waals surface area contributed by atoms with E-state index in [-0.39, 0.29) is 0 Å². The average Bonchev–Trinajstić information content (AvgIpc) is 2.76. The van der Waals surface area contributed by atoms with Crippen LogP contribution in [0.1, 0.15) is 57.0 Å². The van der Waals surface area contributed by atoms with Crippen LogP contribution in [0.4, 0.5) is 5.13 Å². The normalized spacial score (nSPS) is 24.9. The second-order valence-electron chi connectivity index (χ2n) is 5.72. The Morgan fingerprint density at radius 3 is 2.72 bits per heavy atom. The van der Waals surface area contributed by atoms with E-state index in [1.807, 2.05) is 0 Å². The molecule has 0 radical (unpaired) electrons. The Morgan fingerprint density at radius 1 is 1.44 bits per heavy atom. The summed E-state index contributed by atoms with van der Waals surface area (Å²) >= 11 is 1.79. The molecule has 1 aliphatic rings. The van der Waals surface area contributed by atoms with E-state index in [1.165, 1.54) is 28.5 Å². The third kappa shape index (κ3) is 2.54. The Bertz CT molecular complexity index is 400. The highest BCUT2D eigenvalue weighted by Crippen LogP contribution is 2.35. The average molecular weight is 267 g/mol. The van der Waals surface area contributed by atoms with Gasteiger partial charge in [0.25, 0.3) is 0 Å². The fourth-order valence-corrected chi connectivity index (χ4v) is 3.88. The van der Waals surface area contributed by atoms with Crippen LogP contribution in [0.25, 0.3) is 0 Å². The number of thiazole rings is 1. The van der Waals surface area contributed by atoms with Crippen LogP contribution in [0, 0.1) is 5.92 Å². The summed E-state index contributed by atoms with van der Waals surface area (Å²) in [6.45, 7) is 10.8. The fourth-order valence-electron chi connectivity index (χ4n) is 2.68. The van der Waals surface area contributed by atoms with Gasteiger partial charge in [-0.15, -0.1) is 11.3 Å². The summed E-state index contributed by atoms with van der Waals surface area (Å²) in [6, 6.07) is 0.593. The molecule has 3 nitrogen and oxygen atoms in total. The molecule has 1 aromatic heterocycles. The van der Waals surface area contributed by atoms with Gasteiger partial charge in [-0.3, -0.25) is 0 Å². The molecule has 2 N–H and O–H groups in total. The third-order valence-corrected chi connectivity index (χ3v) is 5.20. The predicted molar refractivity (Wildman–Crippen MR) is 79.3 cm³/mol. The summed E-state index contributed by atoms with van der Waals surface area (Å²) in [5.41, 5.74) is 7.04. The zero-order valence-corrected chi connectivity index (χ0v) is 12.8. The molecule has 0 saturated carbocycles. The molecule has 0 amide bonds. The van der Waals surface area contributed by atoms with E-state index in [4.69, 9.17) is 10.7 Å². The highest BCUT2D eigenvalue weighted by Gasteiger charge is 2.27. The second kappa shape index (κ2) is 5.57. The van der Waals surface area contributed by atoms with Gasteiger partial charge in [0.1, 0.15) is 0 Å². The van der Waals surface area contributed by atoms with Crippen LogP contribution in [0.2, 0.25) is 0 Å². The molecule has 0 aliphatic carbocycles. The molecular formula is C14H25N3S. The number of nitrogens with two attached hydrogens (primary N) is 1. The van der Waals surface area contributed by atoms with Crippen LogP contribution in [0.5, 0.6) is 0 Å². The standard InChI is InChI=1S/C14H25N3S/c1-9(2)13-12(8-15)18-14(16-13)17-7-5-6-10(3)11(17)4/h9-11H,5-8,15H2,1-4H3. The van der Waals surface area contributed by atoms with E-state index in [2.05, 4.69) is 32.6 Å². The van der Waals surface area contributed by atoms with Crippen molar-refractivity contribution in [3.8, 4) is 0 Å². The molecule has 1 saturated heterocycles.